The Kier molecular flexibility index (Phi) is 7.44. The van der Waals surface area contributed by atoms with Crippen LogP contribution in [0, 0.1) is 0 Å². The number of ether oxygens (including phenoxy) is 2. The number of aromatic hydroxyl groups is 1. The number of benzene rings is 2. The second-order valence-electron chi connectivity index (χ2n) is 5.53. The van der Waals surface area contributed by atoms with Crippen LogP contribution >= 0.6 is 11.6 Å². The molecule has 0 fully saturated rings. The molecule has 0 bridgehead atoms. The van der Waals surface area contributed by atoms with Crippen LogP contribution in [0.25, 0.3) is 0 Å². The van der Waals surface area contributed by atoms with Gasteiger partial charge in [-0.05, 0) is 23.8 Å². The Morgan fingerprint density at radius 1 is 1.15 bits per heavy atom. The van der Waals surface area contributed by atoms with Gasteiger partial charge in [0, 0.05) is 25.2 Å². The zero-order chi connectivity index (χ0) is 18.9. The van der Waals surface area contributed by atoms with Crippen molar-refractivity contribution in [3.63, 3.8) is 0 Å². The molecule has 0 aliphatic rings. The molecule has 0 aliphatic heterocycles. The highest BCUT2D eigenvalue weighted by atomic mass is 35.5. The van der Waals surface area contributed by atoms with Crippen LogP contribution in [-0.2, 0) is 20.8 Å². The van der Waals surface area contributed by atoms with E-state index in [4.69, 9.17) is 21.1 Å². The Bertz CT molecular complexity index is 751. The van der Waals surface area contributed by atoms with Crippen molar-refractivity contribution in [3.8, 4) is 5.75 Å². The van der Waals surface area contributed by atoms with Gasteiger partial charge in [-0.15, -0.1) is 0 Å². The number of amides is 1. The van der Waals surface area contributed by atoms with Crippen LogP contribution in [0.3, 0.4) is 0 Å². The van der Waals surface area contributed by atoms with Gasteiger partial charge >= 0.3 is 5.97 Å². The minimum Gasteiger partial charge on any atom is -0.507 e. The molecule has 1 N–H and O–H groups in total. The molecule has 2 rings (SSSR count). The SMILES string of the molecule is COCCN(Cc1ccccc1)C(=O)COC(=O)c1cc(Cl)ccc1O. The smallest absolute Gasteiger partial charge is 0.342 e. The van der Waals surface area contributed by atoms with Crippen molar-refractivity contribution in [2.45, 2.75) is 6.54 Å². The van der Waals surface area contributed by atoms with Crippen molar-refractivity contribution in [1.82, 2.24) is 4.90 Å². The third kappa shape index (κ3) is 5.75. The van der Waals surface area contributed by atoms with E-state index >= 15 is 0 Å². The molecule has 1 amide bonds. The van der Waals surface area contributed by atoms with E-state index in [1.807, 2.05) is 30.3 Å². The van der Waals surface area contributed by atoms with E-state index in [1.54, 1.807) is 12.0 Å². The number of phenols is 1. The summed E-state index contributed by atoms with van der Waals surface area (Å²) in [5, 5.41) is 10.0. The van der Waals surface area contributed by atoms with Gasteiger partial charge in [0.2, 0.25) is 0 Å². The molecule has 2 aromatic carbocycles. The number of methoxy groups -OCH3 is 1. The Morgan fingerprint density at radius 2 is 1.88 bits per heavy atom. The number of hydrogen-bond donors (Lipinski definition) is 1. The van der Waals surface area contributed by atoms with E-state index in [0.29, 0.717) is 19.7 Å². The molecule has 0 spiro atoms. The van der Waals surface area contributed by atoms with Crippen LogP contribution < -0.4 is 0 Å². The highest BCUT2D eigenvalue weighted by Crippen LogP contribution is 2.22. The lowest BCUT2D eigenvalue weighted by atomic mass is 10.2. The molecular formula is C19H20ClNO5. The lowest BCUT2D eigenvalue weighted by Gasteiger charge is -2.22. The number of hydrogen-bond acceptors (Lipinski definition) is 5. The fourth-order valence-electron chi connectivity index (χ4n) is 2.27. The van der Waals surface area contributed by atoms with E-state index in [9.17, 15) is 14.7 Å². The van der Waals surface area contributed by atoms with Crippen LogP contribution in [0.5, 0.6) is 5.75 Å². The van der Waals surface area contributed by atoms with Gasteiger partial charge in [0.05, 0.1) is 6.61 Å². The number of halogens is 1. The van der Waals surface area contributed by atoms with Crippen molar-refractivity contribution in [2.24, 2.45) is 0 Å². The zero-order valence-electron chi connectivity index (χ0n) is 14.4. The van der Waals surface area contributed by atoms with Crippen molar-refractivity contribution < 1.29 is 24.2 Å². The monoisotopic (exact) mass is 377 g/mol. The number of esters is 1. The fourth-order valence-corrected chi connectivity index (χ4v) is 2.44. The summed E-state index contributed by atoms with van der Waals surface area (Å²) in [4.78, 5) is 26.1. The van der Waals surface area contributed by atoms with Crippen molar-refractivity contribution in [2.75, 3.05) is 26.9 Å². The normalized spacial score (nSPS) is 10.4. The van der Waals surface area contributed by atoms with E-state index in [-0.39, 0.29) is 22.2 Å². The Balaban J connectivity index is 1.99. The Hall–Kier alpha value is -2.57. The quantitative estimate of drug-likeness (QED) is 0.716. The molecule has 0 unspecified atom stereocenters. The largest absolute Gasteiger partial charge is 0.507 e. The molecule has 0 saturated carbocycles. The summed E-state index contributed by atoms with van der Waals surface area (Å²) in [5.74, 6) is -1.43. The highest BCUT2D eigenvalue weighted by Gasteiger charge is 2.19. The van der Waals surface area contributed by atoms with Crippen LogP contribution in [-0.4, -0.2) is 48.8 Å². The Morgan fingerprint density at radius 3 is 2.58 bits per heavy atom. The maximum Gasteiger partial charge on any atom is 0.342 e. The van der Waals surface area contributed by atoms with Crippen LogP contribution in [0.1, 0.15) is 15.9 Å². The third-order valence-corrected chi connectivity index (χ3v) is 3.87. The first-order valence-electron chi connectivity index (χ1n) is 7.97. The number of carbonyl (C=O) groups excluding carboxylic acids is 2. The maximum absolute atomic E-state index is 12.4. The molecule has 0 radical (unpaired) electrons. The second-order valence-corrected chi connectivity index (χ2v) is 5.97. The molecule has 0 aliphatic carbocycles. The summed E-state index contributed by atoms with van der Waals surface area (Å²) in [6, 6.07) is 13.5. The van der Waals surface area contributed by atoms with Gasteiger partial charge in [-0.3, -0.25) is 4.79 Å². The molecule has 6 nitrogen and oxygen atoms in total. The van der Waals surface area contributed by atoms with E-state index < -0.39 is 12.6 Å². The molecule has 2 aromatic rings. The van der Waals surface area contributed by atoms with Gasteiger partial charge in [-0.2, -0.15) is 0 Å². The van der Waals surface area contributed by atoms with Crippen LogP contribution in [0.2, 0.25) is 5.02 Å². The molecular weight excluding hydrogens is 358 g/mol. The second kappa shape index (κ2) is 9.79. The number of nitrogens with zero attached hydrogens (tertiary/aromatic N) is 1. The third-order valence-electron chi connectivity index (χ3n) is 3.64. The fraction of sp³-hybridized carbons (Fsp3) is 0.263. The molecule has 26 heavy (non-hydrogen) atoms. The maximum atomic E-state index is 12.4. The summed E-state index contributed by atoms with van der Waals surface area (Å²) in [5.41, 5.74) is 0.868. The predicted molar refractivity (Wildman–Crippen MR) is 97.1 cm³/mol. The molecule has 0 heterocycles. The van der Waals surface area contributed by atoms with Gasteiger partial charge < -0.3 is 19.5 Å². The summed E-state index contributed by atoms with van der Waals surface area (Å²) < 4.78 is 10.1. The van der Waals surface area contributed by atoms with Crippen LogP contribution in [0.4, 0.5) is 0 Å². The topological polar surface area (TPSA) is 76.1 Å². The average molecular weight is 378 g/mol. The van der Waals surface area contributed by atoms with E-state index in [1.165, 1.54) is 18.2 Å². The van der Waals surface area contributed by atoms with Gasteiger partial charge in [0.1, 0.15) is 11.3 Å². The minimum atomic E-state index is -0.815. The van der Waals surface area contributed by atoms with Gasteiger partial charge in [-0.25, -0.2) is 4.79 Å². The first-order valence-corrected chi connectivity index (χ1v) is 8.35. The summed E-state index contributed by atoms with van der Waals surface area (Å²) in [6.45, 7) is 0.663. The molecule has 138 valence electrons. The van der Waals surface area contributed by atoms with Gasteiger partial charge in [0.25, 0.3) is 5.91 Å². The van der Waals surface area contributed by atoms with E-state index in [2.05, 4.69) is 0 Å². The summed E-state index contributed by atoms with van der Waals surface area (Å²) in [7, 11) is 1.55. The minimum absolute atomic E-state index is 0.0863. The first kappa shape index (κ1) is 19.8. The zero-order valence-corrected chi connectivity index (χ0v) is 15.1. The first-order chi connectivity index (χ1) is 12.5. The molecule has 7 heteroatoms. The average Bonchev–Trinajstić information content (AvgIpc) is 2.65. The van der Waals surface area contributed by atoms with E-state index in [0.717, 1.165) is 5.56 Å². The lowest BCUT2D eigenvalue weighted by molar-refractivity contribution is -0.135. The number of phenolic OH excluding ortho intramolecular Hbond substituents is 1. The van der Waals surface area contributed by atoms with Gasteiger partial charge in [-0.1, -0.05) is 41.9 Å². The summed E-state index contributed by atoms with van der Waals surface area (Å²) in [6.07, 6.45) is 0. The Labute approximate surface area is 156 Å². The van der Waals surface area contributed by atoms with Gasteiger partial charge in [0.15, 0.2) is 6.61 Å². The van der Waals surface area contributed by atoms with Crippen molar-refractivity contribution in [3.05, 3.63) is 64.7 Å². The summed E-state index contributed by atoms with van der Waals surface area (Å²) >= 11 is 5.81. The highest BCUT2D eigenvalue weighted by molar-refractivity contribution is 6.31. The van der Waals surface area contributed by atoms with Crippen molar-refractivity contribution >= 4 is 23.5 Å². The standard InChI is InChI=1S/C19H20ClNO5/c1-25-10-9-21(12-14-5-3-2-4-6-14)18(23)13-26-19(24)16-11-15(20)7-8-17(16)22/h2-8,11,22H,9-10,12-13H2,1H3. The number of carbonyl (C=O) groups is 2. The van der Waals surface area contributed by atoms with Crippen molar-refractivity contribution in [1.29, 1.82) is 0 Å². The molecule has 0 atom stereocenters. The number of rotatable bonds is 8. The lowest BCUT2D eigenvalue weighted by Crippen LogP contribution is -2.36. The predicted octanol–water partition coefficient (Wildman–Crippen LogP) is 2.88. The molecule has 0 saturated heterocycles. The molecule has 0 aromatic heterocycles. The van der Waals surface area contributed by atoms with Crippen LogP contribution in [0.15, 0.2) is 48.5 Å².